The molecule has 2 aliphatic heterocycles. The van der Waals surface area contributed by atoms with E-state index in [9.17, 15) is 0 Å². The second kappa shape index (κ2) is 6.32. The van der Waals surface area contributed by atoms with Crippen LogP contribution in [0, 0.1) is 6.92 Å². The number of piperidine rings is 1. The molecule has 0 bridgehead atoms. The summed E-state index contributed by atoms with van der Waals surface area (Å²) in [6.45, 7) is 6.88. The molecule has 3 heterocycles. The fraction of sp³-hybridized carbons (Fsp3) is 0.450. The van der Waals surface area contributed by atoms with Crippen LogP contribution in [0.15, 0.2) is 48.7 Å². The Balaban J connectivity index is 1.29. The largest absolute Gasteiger partial charge is 0.371 e. The zero-order valence-corrected chi connectivity index (χ0v) is 13.9. The summed E-state index contributed by atoms with van der Waals surface area (Å²) in [4.78, 5) is 9.70. The third-order valence-corrected chi connectivity index (χ3v) is 5.40. The summed E-state index contributed by atoms with van der Waals surface area (Å²) in [5, 5.41) is 0. The summed E-state index contributed by atoms with van der Waals surface area (Å²) in [5.74, 6) is 0.645. The lowest BCUT2D eigenvalue weighted by atomic mass is 9.90. The fourth-order valence-corrected chi connectivity index (χ4v) is 3.86. The van der Waals surface area contributed by atoms with E-state index in [4.69, 9.17) is 0 Å². The molecule has 2 aliphatic rings. The number of rotatable bonds is 3. The number of benzene rings is 1. The van der Waals surface area contributed by atoms with Crippen LogP contribution in [0.4, 0.5) is 5.69 Å². The van der Waals surface area contributed by atoms with Gasteiger partial charge in [-0.3, -0.25) is 9.88 Å². The number of hydrogen-bond acceptors (Lipinski definition) is 3. The van der Waals surface area contributed by atoms with Crippen LogP contribution in [0.25, 0.3) is 0 Å². The smallest absolute Gasteiger partial charge is 0.0460 e. The van der Waals surface area contributed by atoms with E-state index in [2.05, 4.69) is 58.1 Å². The van der Waals surface area contributed by atoms with Crippen LogP contribution in [-0.4, -0.2) is 42.1 Å². The maximum absolute atomic E-state index is 4.50. The van der Waals surface area contributed by atoms with Crippen molar-refractivity contribution in [2.45, 2.75) is 31.7 Å². The van der Waals surface area contributed by atoms with Gasteiger partial charge in [-0.1, -0.05) is 23.8 Å². The summed E-state index contributed by atoms with van der Waals surface area (Å²) in [6, 6.07) is 16.0. The highest BCUT2D eigenvalue weighted by Crippen LogP contribution is 2.31. The van der Waals surface area contributed by atoms with E-state index in [-0.39, 0.29) is 0 Å². The monoisotopic (exact) mass is 307 g/mol. The number of hydrogen-bond donors (Lipinski definition) is 0. The highest BCUT2D eigenvalue weighted by atomic mass is 15.2. The Morgan fingerprint density at radius 3 is 2.35 bits per heavy atom. The van der Waals surface area contributed by atoms with Gasteiger partial charge in [0, 0.05) is 55.7 Å². The maximum atomic E-state index is 4.50. The average molecular weight is 307 g/mol. The van der Waals surface area contributed by atoms with Crippen LogP contribution in [0.1, 0.15) is 30.0 Å². The van der Waals surface area contributed by atoms with Gasteiger partial charge in [0.1, 0.15) is 0 Å². The van der Waals surface area contributed by atoms with Crippen molar-refractivity contribution in [3.05, 3.63) is 59.9 Å². The zero-order valence-electron chi connectivity index (χ0n) is 13.9. The zero-order chi connectivity index (χ0) is 15.6. The first-order valence-electron chi connectivity index (χ1n) is 8.76. The van der Waals surface area contributed by atoms with Crippen molar-refractivity contribution >= 4 is 5.69 Å². The quantitative estimate of drug-likeness (QED) is 0.866. The molecule has 0 aliphatic carbocycles. The molecular formula is C20H25N3. The number of anilines is 1. The van der Waals surface area contributed by atoms with Crippen LogP contribution in [0.5, 0.6) is 0 Å². The Hall–Kier alpha value is -1.87. The second-order valence-electron chi connectivity index (χ2n) is 6.96. The summed E-state index contributed by atoms with van der Waals surface area (Å²) in [6.07, 6.45) is 4.48. The first-order chi connectivity index (χ1) is 11.3. The minimum atomic E-state index is 0.645. The van der Waals surface area contributed by atoms with E-state index >= 15 is 0 Å². The Morgan fingerprint density at radius 1 is 0.957 bits per heavy atom. The molecule has 4 rings (SSSR count). The van der Waals surface area contributed by atoms with Crippen LogP contribution < -0.4 is 4.90 Å². The fourth-order valence-electron chi connectivity index (χ4n) is 3.86. The first kappa shape index (κ1) is 14.7. The Bertz CT molecular complexity index is 624. The molecule has 3 nitrogen and oxygen atoms in total. The molecule has 2 aromatic rings. The van der Waals surface area contributed by atoms with Crippen molar-refractivity contribution in [3.63, 3.8) is 0 Å². The molecule has 1 aromatic heterocycles. The lowest BCUT2D eigenvalue weighted by Gasteiger charge is -2.47. The highest BCUT2D eigenvalue weighted by molar-refractivity contribution is 5.47. The first-order valence-corrected chi connectivity index (χ1v) is 8.76. The molecular weight excluding hydrogens is 282 g/mol. The van der Waals surface area contributed by atoms with Gasteiger partial charge in [-0.05, 0) is 44.0 Å². The van der Waals surface area contributed by atoms with Gasteiger partial charge in [0.25, 0.3) is 0 Å². The number of pyridine rings is 1. The number of nitrogens with zero attached hydrogens (tertiary/aromatic N) is 3. The number of aromatic nitrogens is 1. The molecule has 2 saturated heterocycles. The van der Waals surface area contributed by atoms with E-state index in [1.165, 1.54) is 56.0 Å². The van der Waals surface area contributed by atoms with Crippen molar-refractivity contribution in [1.82, 2.24) is 9.88 Å². The van der Waals surface area contributed by atoms with E-state index < -0.39 is 0 Å². The summed E-state index contributed by atoms with van der Waals surface area (Å²) in [7, 11) is 0. The molecule has 0 saturated carbocycles. The van der Waals surface area contributed by atoms with Crippen molar-refractivity contribution in [2.75, 3.05) is 31.1 Å². The van der Waals surface area contributed by atoms with Gasteiger partial charge in [-0.25, -0.2) is 0 Å². The van der Waals surface area contributed by atoms with Crippen LogP contribution >= 0.6 is 0 Å². The van der Waals surface area contributed by atoms with Crippen LogP contribution in [0.3, 0.4) is 0 Å². The van der Waals surface area contributed by atoms with E-state index in [0.29, 0.717) is 5.92 Å². The van der Waals surface area contributed by atoms with Gasteiger partial charge < -0.3 is 4.90 Å². The normalized spacial score (nSPS) is 20.5. The highest BCUT2D eigenvalue weighted by Gasteiger charge is 2.35. The number of likely N-dealkylation sites (tertiary alicyclic amines) is 1. The maximum Gasteiger partial charge on any atom is 0.0460 e. The minimum absolute atomic E-state index is 0.645. The summed E-state index contributed by atoms with van der Waals surface area (Å²) in [5.41, 5.74) is 3.98. The van der Waals surface area contributed by atoms with E-state index in [0.717, 1.165) is 6.04 Å². The average Bonchev–Trinajstić information content (AvgIpc) is 2.56. The third kappa shape index (κ3) is 3.11. The second-order valence-corrected chi connectivity index (χ2v) is 6.96. The van der Waals surface area contributed by atoms with Crippen molar-refractivity contribution in [2.24, 2.45) is 0 Å². The third-order valence-electron chi connectivity index (χ3n) is 5.40. The van der Waals surface area contributed by atoms with Gasteiger partial charge in [-0.2, -0.15) is 0 Å². The van der Waals surface area contributed by atoms with Gasteiger partial charge in [0.2, 0.25) is 0 Å². The van der Waals surface area contributed by atoms with Gasteiger partial charge >= 0.3 is 0 Å². The van der Waals surface area contributed by atoms with Gasteiger partial charge in [0.15, 0.2) is 0 Å². The van der Waals surface area contributed by atoms with E-state index in [1.807, 2.05) is 12.3 Å². The minimum Gasteiger partial charge on any atom is -0.371 e. The van der Waals surface area contributed by atoms with Crippen LogP contribution in [-0.2, 0) is 0 Å². The molecule has 0 unspecified atom stereocenters. The molecule has 0 spiro atoms. The molecule has 23 heavy (non-hydrogen) atoms. The molecule has 2 fully saturated rings. The molecule has 0 radical (unpaired) electrons. The molecule has 120 valence electrons. The van der Waals surface area contributed by atoms with Gasteiger partial charge in [-0.15, -0.1) is 0 Å². The SMILES string of the molecule is Cc1ccc(N2CCC(N3CC(c4ccccn4)C3)CC2)cc1. The van der Waals surface area contributed by atoms with E-state index in [1.54, 1.807) is 0 Å². The molecule has 0 N–H and O–H groups in total. The predicted octanol–water partition coefficient (Wildman–Crippen LogP) is 3.46. The predicted molar refractivity (Wildman–Crippen MR) is 95.0 cm³/mol. The molecule has 0 amide bonds. The molecule has 3 heteroatoms. The standard InChI is InChI=1S/C20H25N3/c1-16-5-7-18(8-6-16)22-12-9-19(10-13-22)23-14-17(15-23)20-4-2-3-11-21-20/h2-8,11,17,19H,9-10,12-15H2,1H3. The molecule has 1 aromatic carbocycles. The Kier molecular flexibility index (Phi) is 4.04. The Labute approximate surface area is 139 Å². The lowest BCUT2D eigenvalue weighted by Crippen LogP contribution is -2.54. The summed E-state index contributed by atoms with van der Waals surface area (Å²) >= 11 is 0. The van der Waals surface area contributed by atoms with Crippen molar-refractivity contribution in [3.8, 4) is 0 Å². The topological polar surface area (TPSA) is 19.4 Å². The lowest BCUT2D eigenvalue weighted by molar-refractivity contribution is 0.0750. The van der Waals surface area contributed by atoms with Crippen molar-refractivity contribution in [1.29, 1.82) is 0 Å². The Morgan fingerprint density at radius 2 is 1.70 bits per heavy atom. The van der Waals surface area contributed by atoms with Crippen molar-refractivity contribution < 1.29 is 0 Å². The summed E-state index contributed by atoms with van der Waals surface area (Å²) < 4.78 is 0. The van der Waals surface area contributed by atoms with Crippen LogP contribution in [0.2, 0.25) is 0 Å². The molecule has 0 atom stereocenters. The van der Waals surface area contributed by atoms with Gasteiger partial charge in [0.05, 0.1) is 0 Å². The number of aryl methyl sites for hydroxylation is 1.